The third-order valence-electron chi connectivity index (χ3n) is 2.84. The van der Waals surface area contributed by atoms with Gasteiger partial charge >= 0.3 is 0 Å². The molecule has 0 radical (unpaired) electrons. The van der Waals surface area contributed by atoms with Crippen molar-refractivity contribution in [1.82, 2.24) is 9.55 Å². The fraction of sp³-hybridized carbons (Fsp3) is 0.786. The number of hydrogen-bond donors (Lipinski definition) is 1. The number of aromatic nitrogens is 2. The van der Waals surface area contributed by atoms with Gasteiger partial charge < -0.3 is 10.3 Å². The van der Waals surface area contributed by atoms with Crippen molar-refractivity contribution < 1.29 is 0 Å². The Balaban J connectivity index is 3.41. The second-order valence-corrected chi connectivity index (χ2v) is 6.82. The summed E-state index contributed by atoms with van der Waals surface area (Å²) >= 11 is 0. The summed E-state index contributed by atoms with van der Waals surface area (Å²) in [6, 6.07) is 0. The zero-order chi connectivity index (χ0) is 13.4. The molecular formula is C14H27N3. The van der Waals surface area contributed by atoms with E-state index >= 15 is 0 Å². The third-order valence-corrected chi connectivity index (χ3v) is 2.84. The molecule has 0 atom stereocenters. The highest BCUT2D eigenvalue weighted by Gasteiger charge is 2.29. The van der Waals surface area contributed by atoms with Crippen LogP contribution < -0.4 is 5.73 Å². The van der Waals surface area contributed by atoms with E-state index in [2.05, 4.69) is 53.0 Å². The van der Waals surface area contributed by atoms with Crippen LogP contribution in [0.5, 0.6) is 0 Å². The molecule has 0 fully saturated rings. The summed E-state index contributed by atoms with van der Waals surface area (Å²) in [5.74, 6) is 1.94. The molecule has 2 N–H and O–H groups in total. The molecule has 0 unspecified atom stereocenters. The van der Waals surface area contributed by atoms with Gasteiger partial charge in [-0.25, -0.2) is 4.98 Å². The lowest BCUT2D eigenvalue weighted by atomic mass is 9.92. The molecule has 17 heavy (non-hydrogen) atoms. The van der Waals surface area contributed by atoms with E-state index < -0.39 is 0 Å². The molecule has 0 amide bonds. The molecule has 0 saturated carbocycles. The molecule has 0 aliphatic heterocycles. The predicted molar refractivity (Wildman–Crippen MR) is 74.3 cm³/mol. The van der Waals surface area contributed by atoms with Crippen molar-refractivity contribution in [2.24, 2.45) is 0 Å². The average molecular weight is 237 g/mol. The first-order chi connectivity index (χ1) is 7.59. The van der Waals surface area contributed by atoms with E-state index in [1.165, 1.54) is 0 Å². The molecule has 1 aromatic rings. The summed E-state index contributed by atoms with van der Waals surface area (Å²) in [5, 5.41) is 0. The molecule has 3 nitrogen and oxygen atoms in total. The molecule has 3 heteroatoms. The fourth-order valence-corrected chi connectivity index (χ4v) is 2.04. The van der Waals surface area contributed by atoms with E-state index in [-0.39, 0.29) is 10.8 Å². The highest BCUT2D eigenvalue weighted by Crippen LogP contribution is 2.32. The van der Waals surface area contributed by atoms with Gasteiger partial charge in [0, 0.05) is 17.4 Å². The van der Waals surface area contributed by atoms with Gasteiger partial charge in [-0.15, -0.1) is 0 Å². The third kappa shape index (κ3) is 2.82. The number of anilines is 1. The quantitative estimate of drug-likeness (QED) is 0.856. The van der Waals surface area contributed by atoms with E-state index in [4.69, 9.17) is 10.7 Å². The number of nitrogens with two attached hydrogens (primary N) is 1. The van der Waals surface area contributed by atoms with Crippen LogP contribution in [0.1, 0.15) is 66.4 Å². The van der Waals surface area contributed by atoms with Crippen LogP contribution in [0.25, 0.3) is 0 Å². The van der Waals surface area contributed by atoms with Gasteiger partial charge in [-0.1, -0.05) is 48.5 Å². The largest absolute Gasteiger partial charge is 0.384 e. The van der Waals surface area contributed by atoms with Crippen molar-refractivity contribution in [3.63, 3.8) is 0 Å². The van der Waals surface area contributed by atoms with Crippen molar-refractivity contribution >= 4 is 5.82 Å². The molecule has 1 aromatic heterocycles. The molecule has 1 heterocycles. The van der Waals surface area contributed by atoms with Crippen molar-refractivity contribution in [2.75, 3.05) is 5.73 Å². The van der Waals surface area contributed by atoms with Crippen LogP contribution in [-0.4, -0.2) is 9.55 Å². The molecule has 0 saturated heterocycles. The first kappa shape index (κ1) is 14.1. The Bertz CT molecular complexity index is 389. The molecule has 0 aromatic carbocycles. The van der Waals surface area contributed by atoms with E-state index in [1.54, 1.807) is 0 Å². The van der Waals surface area contributed by atoms with Gasteiger partial charge in [0.15, 0.2) is 0 Å². The molecule has 0 aliphatic carbocycles. The molecule has 0 spiro atoms. The predicted octanol–water partition coefficient (Wildman–Crippen LogP) is 3.47. The smallest absolute Gasteiger partial charge is 0.127 e. The standard InChI is InChI=1S/C14H27N3/c1-8-9-17-11(15)10(13(2,3)4)16-12(17)14(5,6)7/h8-9,15H2,1-7H3. The molecule has 0 aliphatic rings. The SMILES string of the molecule is CCCn1c(C(C)(C)C)nc(C(C)(C)C)c1N. The average Bonchev–Trinajstić information content (AvgIpc) is 2.43. The maximum Gasteiger partial charge on any atom is 0.127 e. The summed E-state index contributed by atoms with van der Waals surface area (Å²) in [6.07, 6.45) is 1.08. The van der Waals surface area contributed by atoms with Gasteiger partial charge in [0.25, 0.3) is 0 Å². The van der Waals surface area contributed by atoms with Gasteiger partial charge in [-0.2, -0.15) is 0 Å². The maximum atomic E-state index is 6.27. The number of hydrogen-bond acceptors (Lipinski definition) is 2. The summed E-state index contributed by atoms with van der Waals surface area (Å²) in [5.41, 5.74) is 7.34. The van der Waals surface area contributed by atoms with Crippen LogP contribution in [-0.2, 0) is 17.4 Å². The Hall–Kier alpha value is -0.990. The van der Waals surface area contributed by atoms with Crippen LogP contribution in [0, 0.1) is 0 Å². The number of nitrogens with zero attached hydrogens (tertiary/aromatic N) is 2. The molecule has 98 valence electrons. The number of rotatable bonds is 2. The van der Waals surface area contributed by atoms with Crippen LogP contribution in [0.4, 0.5) is 5.82 Å². The molecule has 0 bridgehead atoms. The fourth-order valence-electron chi connectivity index (χ4n) is 2.04. The van der Waals surface area contributed by atoms with Crippen LogP contribution in [0.2, 0.25) is 0 Å². The Morgan fingerprint density at radius 3 is 1.94 bits per heavy atom. The summed E-state index contributed by atoms with van der Waals surface area (Å²) in [6.45, 7) is 16.2. The molecular weight excluding hydrogens is 210 g/mol. The second-order valence-electron chi connectivity index (χ2n) is 6.82. The Morgan fingerprint density at radius 2 is 1.59 bits per heavy atom. The van der Waals surface area contributed by atoms with Crippen molar-refractivity contribution in [3.05, 3.63) is 11.5 Å². The van der Waals surface area contributed by atoms with E-state index in [9.17, 15) is 0 Å². The second kappa shape index (κ2) is 4.35. The lowest BCUT2D eigenvalue weighted by Gasteiger charge is -2.19. The minimum atomic E-state index is 0.00305. The van der Waals surface area contributed by atoms with Gasteiger partial charge in [0.1, 0.15) is 11.6 Å². The summed E-state index contributed by atoms with van der Waals surface area (Å²) in [7, 11) is 0. The van der Waals surface area contributed by atoms with Gasteiger partial charge in [-0.05, 0) is 6.42 Å². The Morgan fingerprint density at radius 1 is 1.06 bits per heavy atom. The maximum absolute atomic E-state index is 6.27. The number of nitrogen functional groups attached to an aromatic ring is 1. The molecule has 1 rings (SSSR count). The zero-order valence-electron chi connectivity index (χ0n) is 12.4. The normalized spacial score (nSPS) is 13.1. The van der Waals surface area contributed by atoms with E-state index in [0.717, 1.165) is 30.3 Å². The lowest BCUT2D eigenvalue weighted by molar-refractivity contribution is 0.495. The van der Waals surface area contributed by atoms with Crippen LogP contribution in [0.15, 0.2) is 0 Å². The summed E-state index contributed by atoms with van der Waals surface area (Å²) in [4.78, 5) is 4.81. The minimum absolute atomic E-state index is 0.00305. The highest BCUT2D eigenvalue weighted by molar-refractivity contribution is 5.43. The Labute approximate surface area is 105 Å². The van der Waals surface area contributed by atoms with Crippen LogP contribution >= 0.6 is 0 Å². The van der Waals surface area contributed by atoms with Gasteiger partial charge in [-0.3, -0.25) is 0 Å². The van der Waals surface area contributed by atoms with Gasteiger partial charge in [0.2, 0.25) is 0 Å². The minimum Gasteiger partial charge on any atom is -0.384 e. The first-order valence-corrected chi connectivity index (χ1v) is 6.46. The Kier molecular flexibility index (Phi) is 3.60. The topological polar surface area (TPSA) is 43.8 Å². The summed E-state index contributed by atoms with van der Waals surface area (Å²) < 4.78 is 2.18. The van der Waals surface area contributed by atoms with Gasteiger partial charge in [0.05, 0.1) is 5.69 Å². The van der Waals surface area contributed by atoms with Crippen molar-refractivity contribution in [2.45, 2.75) is 72.3 Å². The van der Waals surface area contributed by atoms with Crippen molar-refractivity contribution in [1.29, 1.82) is 0 Å². The highest BCUT2D eigenvalue weighted by atomic mass is 15.2. The van der Waals surface area contributed by atoms with Crippen LogP contribution in [0.3, 0.4) is 0 Å². The van der Waals surface area contributed by atoms with E-state index in [0.29, 0.717) is 0 Å². The first-order valence-electron chi connectivity index (χ1n) is 6.46. The van der Waals surface area contributed by atoms with Crippen molar-refractivity contribution in [3.8, 4) is 0 Å². The monoisotopic (exact) mass is 237 g/mol. The number of imidazole rings is 1. The zero-order valence-corrected chi connectivity index (χ0v) is 12.4. The van der Waals surface area contributed by atoms with E-state index in [1.807, 2.05) is 0 Å². The lowest BCUT2D eigenvalue weighted by Crippen LogP contribution is -2.19.